The van der Waals surface area contributed by atoms with Crippen LogP contribution in [0.5, 0.6) is 0 Å². The van der Waals surface area contributed by atoms with Crippen LogP contribution in [-0.4, -0.2) is 25.4 Å². The summed E-state index contributed by atoms with van der Waals surface area (Å²) in [6.07, 6.45) is 5.54. The van der Waals surface area contributed by atoms with Crippen molar-refractivity contribution in [2.75, 3.05) is 13.2 Å². The minimum atomic E-state index is 0.296. The molecule has 0 heterocycles. The third kappa shape index (κ3) is 5.11. The lowest BCUT2D eigenvalue weighted by atomic mass is 9.95. The number of ether oxygens (including phenoxy) is 2. The molecule has 0 saturated heterocycles. The van der Waals surface area contributed by atoms with Gasteiger partial charge in [-0.1, -0.05) is 0 Å². The predicted molar refractivity (Wildman–Crippen MR) is 58.4 cm³/mol. The largest absolute Gasteiger partial charge is 0.377 e. The summed E-state index contributed by atoms with van der Waals surface area (Å²) in [4.78, 5) is 0. The van der Waals surface area contributed by atoms with E-state index < -0.39 is 0 Å². The molecule has 1 aliphatic carbocycles. The van der Waals surface area contributed by atoms with Gasteiger partial charge < -0.3 is 9.47 Å². The van der Waals surface area contributed by atoms with Gasteiger partial charge in [-0.2, -0.15) is 10.5 Å². The lowest BCUT2D eigenvalue weighted by molar-refractivity contribution is -0.0285. The molecular weight excluding hydrogens is 204 g/mol. The average molecular weight is 222 g/mol. The fraction of sp³-hybridized carbons (Fsp3) is 0.833. The Morgan fingerprint density at radius 2 is 1.19 bits per heavy atom. The zero-order chi connectivity index (χ0) is 11.6. The Labute approximate surface area is 96.8 Å². The molecule has 0 amide bonds. The van der Waals surface area contributed by atoms with Gasteiger partial charge in [-0.25, -0.2) is 0 Å². The van der Waals surface area contributed by atoms with Crippen molar-refractivity contribution in [1.29, 1.82) is 10.5 Å². The molecule has 0 bridgehead atoms. The highest BCUT2D eigenvalue weighted by molar-refractivity contribution is 4.75. The highest BCUT2D eigenvalue weighted by Crippen LogP contribution is 2.23. The highest BCUT2D eigenvalue weighted by atomic mass is 16.5. The number of nitriles is 2. The Kier molecular flexibility index (Phi) is 6.56. The molecule has 1 saturated carbocycles. The van der Waals surface area contributed by atoms with Gasteiger partial charge in [-0.15, -0.1) is 0 Å². The van der Waals surface area contributed by atoms with Crippen molar-refractivity contribution >= 4 is 0 Å². The molecule has 4 nitrogen and oxygen atoms in total. The fourth-order valence-electron chi connectivity index (χ4n) is 1.91. The van der Waals surface area contributed by atoms with Crippen LogP contribution in [0, 0.1) is 22.7 Å². The molecule has 0 spiro atoms. The molecule has 0 aromatic heterocycles. The quantitative estimate of drug-likeness (QED) is 0.646. The summed E-state index contributed by atoms with van der Waals surface area (Å²) >= 11 is 0. The molecule has 0 atom stereocenters. The Balaban J connectivity index is 2.05. The van der Waals surface area contributed by atoms with Crippen LogP contribution in [-0.2, 0) is 9.47 Å². The van der Waals surface area contributed by atoms with Crippen LogP contribution in [0.2, 0.25) is 0 Å². The molecule has 88 valence electrons. The molecule has 4 heteroatoms. The lowest BCUT2D eigenvalue weighted by Crippen LogP contribution is -2.27. The van der Waals surface area contributed by atoms with Crippen molar-refractivity contribution in [3.8, 4) is 12.1 Å². The average Bonchev–Trinajstić information content (AvgIpc) is 2.32. The van der Waals surface area contributed by atoms with Crippen molar-refractivity contribution in [3.63, 3.8) is 0 Å². The first-order chi connectivity index (χ1) is 7.86. The Bertz CT molecular complexity index is 231. The number of nitrogens with zero attached hydrogens (tertiary/aromatic N) is 2. The van der Waals surface area contributed by atoms with E-state index in [1.165, 1.54) is 0 Å². The number of hydrogen-bond acceptors (Lipinski definition) is 4. The van der Waals surface area contributed by atoms with Gasteiger partial charge in [-0.3, -0.25) is 0 Å². The summed E-state index contributed by atoms with van der Waals surface area (Å²) < 4.78 is 11.1. The molecule has 16 heavy (non-hydrogen) atoms. The van der Waals surface area contributed by atoms with Gasteiger partial charge >= 0.3 is 0 Å². The van der Waals surface area contributed by atoms with Gasteiger partial charge in [0.2, 0.25) is 0 Å². The normalized spacial score (nSPS) is 24.6. The highest BCUT2D eigenvalue weighted by Gasteiger charge is 2.21. The van der Waals surface area contributed by atoms with Crippen LogP contribution in [0.4, 0.5) is 0 Å². The molecule has 1 fully saturated rings. The Morgan fingerprint density at radius 3 is 1.50 bits per heavy atom. The molecule has 0 radical (unpaired) electrons. The summed E-state index contributed by atoms with van der Waals surface area (Å²) in [5, 5.41) is 16.8. The Morgan fingerprint density at radius 1 is 0.812 bits per heavy atom. The van der Waals surface area contributed by atoms with Gasteiger partial charge in [0, 0.05) is 0 Å². The van der Waals surface area contributed by atoms with E-state index in [0.717, 1.165) is 25.7 Å². The summed E-state index contributed by atoms with van der Waals surface area (Å²) in [6.45, 7) is 1.09. The molecule has 0 unspecified atom stereocenters. The summed E-state index contributed by atoms with van der Waals surface area (Å²) in [5.41, 5.74) is 0. The number of rotatable bonds is 6. The molecule has 0 aliphatic heterocycles. The second-order valence-electron chi connectivity index (χ2n) is 3.96. The van der Waals surface area contributed by atoms with Gasteiger partial charge in [0.1, 0.15) is 0 Å². The monoisotopic (exact) mass is 222 g/mol. The van der Waals surface area contributed by atoms with Crippen molar-refractivity contribution in [3.05, 3.63) is 0 Å². The van der Waals surface area contributed by atoms with Crippen LogP contribution < -0.4 is 0 Å². The van der Waals surface area contributed by atoms with Crippen molar-refractivity contribution in [2.24, 2.45) is 0 Å². The second-order valence-corrected chi connectivity index (χ2v) is 3.96. The molecular formula is C12H18N2O2. The van der Waals surface area contributed by atoms with E-state index in [4.69, 9.17) is 20.0 Å². The van der Waals surface area contributed by atoms with E-state index in [9.17, 15) is 0 Å². The van der Waals surface area contributed by atoms with Gasteiger partial charge in [0.15, 0.2) is 0 Å². The maximum atomic E-state index is 8.38. The smallest absolute Gasteiger partial charge is 0.0645 e. The van der Waals surface area contributed by atoms with Crippen LogP contribution in [0.1, 0.15) is 38.5 Å². The third-order valence-electron chi connectivity index (χ3n) is 2.76. The summed E-state index contributed by atoms with van der Waals surface area (Å²) in [7, 11) is 0. The first-order valence-electron chi connectivity index (χ1n) is 5.84. The van der Waals surface area contributed by atoms with E-state index in [2.05, 4.69) is 12.1 Å². The van der Waals surface area contributed by atoms with Crippen LogP contribution in [0.3, 0.4) is 0 Å². The van der Waals surface area contributed by atoms with Gasteiger partial charge in [0.25, 0.3) is 0 Å². The predicted octanol–water partition coefficient (Wildman–Crippen LogP) is 2.16. The van der Waals surface area contributed by atoms with E-state index in [1.54, 1.807) is 0 Å². The first kappa shape index (κ1) is 13.0. The summed E-state index contributed by atoms with van der Waals surface area (Å²) in [6, 6.07) is 4.14. The lowest BCUT2D eigenvalue weighted by Gasteiger charge is -2.28. The van der Waals surface area contributed by atoms with Gasteiger partial charge in [-0.05, 0) is 25.7 Å². The summed E-state index contributed by atoms with van der Waals surface area (Å²) in [5.74, 6) is 0. The van der Waals surface area contributed by atoms with Crippen molar-refractivity contribution < 1.29 is 9.47 Å². The third-order valence-corrected chi connectivity index (χ3v) is 2.76. The SMILES string of the molecule is N#CCCOC1CCC(OCCC#N)CC1. The Hall–Kier alpha value is -1.10. The van der Waals surface area contributed by atoms with E-state index >= 15 is 0 Å². The van der Waals surface area contributed by atoms with Crippen molar-refractivity contribution in [2.45, 2.75) is 50.7 Å². The second kappa shape index (κ2) is 8.10. The van der Waals surface area contributed by atoms with E-state index in [0.29, 0.717) is 38.3 Å². The molecule has 0 aromatic carbocycles. The van der Waals surface area contributed by atoms with Crippen molar-refractivity contribution in [1.82, 2.24) is 0 Å². The minimum absolute atomic E-state index is 0.296. The molecule has 0 aromatic rings. The standard InChI is InChI=1S/C12H18N2O2/c13-7-1-9-15-11-3-5-12(6-4-11)16-10-2-8-14/h11-12H,1-6,9-10H2. The van der Waals surface area contributed by atoms with E-state index in [-0.39, 0.29) is 0 Å². The topological polar surface area (TPSA) is 66.0 Å². The van der Waals surface area contributed by atoms with Gasteiger partial charge in [0.05, 0.1) is 50.4 Å². The maximum absolute atomic E-state index is 8.38. The minimum Gasteiger partial charge on any atom is -0.377 e. The van der Waals surface area contributed by atoms with E-state index in [1.807, 2.05) is 0 Å². The zero-order valence-corrected chi connectivity index (χ0v) is 9.52. The molecule has 1 rings (SSSR count). The van der Waals surface area contributed by atoms with Crippen LogP contribution in [0.25, 0.3) is 0 Å². The fourth-order valence-corrected chi connectivity index (χ4v) is 1.91. The van der Waals surface area contributed by atoms with Crippen LogP contribution in [0.15, 0.2) is 0 Å². The first-order valence-corrected chi connectivity index (χ1v) is 5.84. The zero-order valence-electron chi connectivity index (χ0n) is 9.52. The molecule has 0 N–H and O–H groups in total. The van der Waals surface area contributed by atoms with Crippen LogP contribution >= 0.6 is 0 Å². The molecule has 1 aliphatic rings. The maximum Gasteiger partial charge on any atom is 0.0645 e. The number of hydrogen-bond donors (Lipinski definition) is 0.